The number of nitrogens with zero attached hydrogens (tertiary/aromatic N) is 3. The minimum Gasteiger partial charge on any atom is -0.475 e. The van der Waals surface area contributed by atoms with Crippen molar-refractivity contribution in [1.82, 2.24) is 30.4 Å². The molecule has 1 amide bonds. The number of aryl methyl sites for hydroxylation is 3. The molecule has 1 aliphatic rings. The van der Waals surface area contributed by atoms with Gasteiger partial charge in [-0.1, -0.05) is 79.7 Å². The maximum absolute atomic E-state index is 13.6. The van der Waals surface area contributed by atoms with E-state index >= 15 is 0 Å². The molecule has 0 aliphatic carbocycles. The van der Waals surface area contributed by atoms with E-state index in [0.717, 1.165) is 67.9 Å². The van der Waals surface area contributed by atoms with E-state index in [2.05, 4.69) is 100 Å². The molecule has 1 aliphatic heterocycles. The highest BCUT2D eigenvalue weighted by Crippen LogP contribution is 2.27. The van der Waals surface area contributed by atoms with Gasteiger partial charge < -0.3 is 25.3 Å². The molecular weight excluding hydrogens is 633 g/mol. The van der Waals surface area contributed by atoms with E-state index in [1.54, 1.807) is 0 Å². The number of carboxylic acid groups (broad SMARTS) is 1. The Morgan fingerprint density at radius 2 is 1.57 bits per heavy atom. The Labute approximate surface area is 283 Å². The maximum atomic E-state index is 13.6. The number of nitrogens with one attached hydrogen (secondary N) is 3. The van der Waals surface area contributed by atoms with Crippen LogP contribution in [-0.4, -0.2) is 56.0 Å². The number of hydrogen-bond donors (Lipinski definition) is 4. The van der Waals surface area contributed by atoms with E-state index in [9.17, 15) is 18.0 Å². The SMILES string of the molecule is CCc1ccc(Cn2c(CCc3ccccc3)nnc2[C@@H](Cc2c[nH]c3ccccc23)NC(=O)C2CCNCC2)cc1.O=C(O)C(F)(F)F. The second-order valence-electron chi connectivity index (χ2n) is 12.2. The molecule has 1 fully saturated rings. The van der Waals surface area contributed by atoms with Gasteiger partial charge in [-0.15, -0.1) is 10.2 Å². The molecule has 6 rings (SSSR count). The summed E-state index contributed by atoms with van der Waals surface area (Å²) in [7, 11) is 0. The minimum absolute atomic E-state index is 0.00669. The van der Waals surface area contributed by atoms with Crippen molar-refractivity contribution in [2.75, 3.05) is 13.1 Å². The van der Waals surface area contributed by atoms with Crippen LogP contribution in [0.1, 0.15) is 59.7 Å². The van der Waals surface area contributed by atoms with E-state index in [-0.39, 0.29) is 17.9 Å². The molecule has 0 saturated carbocycles. The van der Waals surface area contributed by atoms with Crippen molar-refractivity contribution in [2.24, 2.45) is 5.92 Å². The van der Waals surface area contributed by atoms with Crippen LogP contribution in [0.4, 0.5) is 13.2 Å². The highest BCUT2D eigenvalue weighted by Gasteiger charge is 2.38. The third-order valence-electron chi connectivity index (χ3n) is 8.79. The van der Waals surface area contributed by atoms with Crippen molar-refractivity contribution < 1.29 is 27.9 Å². The zero-order valence-electron chi connectivity index (χ0n) is 27.3. The van der Waals surface area contributed by atoms with Gasteiger partial charge in [0.05, 0.1) is 12.6 Å². The van der Waals surface area contributed by atoms with Crippen molar-refractivity contribution in [3.05, 3.63) is 119 Å². The molecule has 3 aromatic carbocycles. The number of H-pyrrole nitrogens is 1. The molecule has 2 aromatic heterocycles. The Morgan fingerprint density at radius 1 is 0.918 bits per heavy atom. The summed E-state index contributed by atoms with van der Waals surface area (Å²) in [5, 5.41) is 24.6. The predicted molar refractivity (Wildman–Crippen MR) is 181 cm³/mol. The number of piperidine rings is 1. The monoisotopic (exact) mass is 674 g/mol. The van der Waals surface area contributed by atoms with E-state index in [1.807, 2.05) is 12.1 Å². The normalized spacial score (nSPS) is 14.2. The first-order chi connectivity index (χ1) is 23.6. The van der Waals surface area contributed by atoms with Crippen LogP contribution in [0.15, 0.2) is 85.1 Å². The number of fused-ring (bicyclic) bond motifs is 1. The Morgan fingerprint density at radius 3 is 2.24 bits per heavy atom. The predicted octanol–water partition coefficient (Wildman–Crippen LogP) is 6.19. The Balaban J connectivity index is 0.000000606. The van der Waals surface area contributed by atoms with Gasteiger partial charge in [0, 0.05) is 35.9 Å². The number of benzene rings is 3. The third kappa shape index (κ3) is 9.56. The van der Waals surface area contributed by atoms with Crippen LogP contribution in [0.2, 0.25) is 0 Å². The lowest BCUT2D eigenvalue weighted by Gasteiger charge is -2.26. The van der Waals surface area contributed by atoms with Gasteiger partial charge in [-0.2, -0.15) is 13.2 Å². The van der Waals surface area contributed by atoms with Gasteiger partial charge in [0.25, 0.3) is 0 Å². The zero-order chi connectivity index (χ0) is 34.8. The smallest absolute Gasteiger partial charge is 0.475 e. The number of carbonyl (C=O) groups excluding carboxylic acids is 1. The molecule has 4 N–H and O–H groups in total. The summed E-state index contributed by atoms with van der Waals surface area (Å²) in [4.78, 5) is 25.9. The largest absolute Gasteiger partial charge is 0.490 e. The molecule has 3 heterocycles. The number of aromatic amines is 1. The molecule has 12 heteroatoms. The topological polar surface area (TPSA) is 125 Å². The van der Waals surface area contributed by atoms with Gasteiger partial charge in [-0.3, -0.25) is 4.79 Å². The fraction of sp³-hybridized carbons (Fsp3) is 0.351. The minimum atomic E-state index is -5.08. The molecule has 0 bridgehead atoms. The summed E-state index contributed by atoms with van der Waals surface area (Å²) in [5.74, 6) is -0.896. The van der Waals surface area contributed by atoms with Gasteiger partial charge in [0.1, 0.15) is 5.82 Å². The number of rotatable bonds is 11. The lowest BCUT2D eigenvalue weighted by atomic mass is 9.96. The fourth-order valence-electron chi connectivity index (χ4n) is 6.03. The van der Waals surface area contributed by atoms with E-state index in [0.29, 0.717) is 13.0 Å². The summed E-state index contributed by atoms with van der Waals surface area (Å²) in [5.41, 5.74) is 6.05. The van der Waals surface area contributed by atoms with Gasteiger partial charge in [0.2, 0.25) is 5.91 Å². The summed E-state index contributed by atoms with van der Waals surface area (Å²) in [6.45, 7) is 4.58. The Hall–Kier alpha value is -4.97. The summed E-state index contributed by atoms with van der Waals surface area (Å²) in [6, 6.07) is 27.3. The molecule has 49 heavy (non-hydrogen) atoms. The van der Waals surface area contributed by atoms with Crippen LogP contribution < -0.4 is 10.6 Å². The van der Waals surface area contributed by atoms with Crippen LogP contribution in [0.5, 0.6) is 0 Å². The van der Waals surface area contributed by atoms with Crippen molar-refractivity contribution in [3.8, 4) is 0 Å². The van der Waals surface area contributed by atoms with E-state index in [4.69, 9.17) is 20.1 Å². The molecule has 9 nitrogen and oxygen atoms in total. The standard InChI is InChI=1S/C35H40N6O.C2HF3O2/c1-2-25-12-14-27(15-13-25)24-41-33(17-16-26-8-4-3-5-9-26)39-40-34(41)32(38-35(42)28-18-20-36-21-19-28)22-29-23-37-31-11-7-6-10-30(29)31;3-2(4,5)1(6)7/h3-15,23,28,32,36-37H,2,16-22,24H2,1H3,(H,38,42);(H,6,7)/t32-;/m1./s1. The molecule has 0 unspecified atom stereocenters. The maximum Gasteiger partial charge on any atom is 0.490 e. The number of aliphatic carboxylic acids is 1. The molecule has 258 valence electrons. The van der Waals surface area contributed by atoms with Crippen LogP contribution in [0, 0.1) is 5.92 Å². The molecule has 0 spiro atoms. The number of hydrogen-bond acceptors (Lipinski definition) is 5. The Bertz CT molecular complexity index is 1810. The van der Waals surface area contributed by atoms with Crippen molar-refractivity contribution >= 4 is 22.8 Å². The van der Waals surface area contributed by atoms with Gasteiger partial charge in [-0.05, 0) is 67.1 Å². The second kappa shape index (κ2) is 16.4. The summed E-state index contributed by atoms with van der Waals surface area (Å²) in [6.07, 6.45) is 1.97. The number of carboxylic acids is 1. The van der Waals surface area contributed by atoms with Crippen molar-refractivity contribution in [3.63, 3.8) is 0 Å². The zero-order valence-corrected chi connectivity index (χ0v) is 27.3. The second-order valence-corrected chi connectivity index (χ2v) is 12.2. The highest BCUT2D eigenvalue weighted by atomic mass is 19.4. The number of halogens is 3. The first-order valence-corrected chi connectivity index (χ1v) is 16.5. The number of carbonyl (C=O) groups is 2. The van der Waals surface area contributed by atoms with Crippen molar-refractivity contribution in [2.45, 2.75) is 64.2 Å². The number of para-hydroxylation sites is 1. The first-order valence-electron chi connectivity index (χ1n) is 16.5. The lowest BCUT2D eigenvalue weighted by Crippen LogP contribution is -2.41. The number of aromatic nitrogens is 4. The van der Waals surface area contributed by atoms with Gasteiger partial charge in [-0.25, -0.2) is 4.79 Å². The van der Waals surface area contributed by atoms with Crippen LogP contribution in [0.3, 0.4) is 0 Å². The average Bonchev–Trinajstić information content (AvgIpc) is 3.71. The quantitative estimate of drug-likeness (QED) is 0.133. The third-order valence-corrected chi connectivity index (χ3v) is 8.79. The summed E-state index contributed by atoms with van der Waals surface area (Å²) >= 11 is 0. The average molecular weight is 675 g/mol. The molecule has 1 saturated heterocycles. The van der Waals surface area contributed by atoms with Crippen LogP contribution >= 0.6 is 0 Å². The summed E-state index contributed by atoms with van der Waals surface area (Å²) < 4.78 is 34.0. The van der Waals surface area contributed by atoms with Crippen molar-refractivity contribution in [1.29, 1.82) is 0 Å². The van der Waals surface area contributed by atoms with E-state index < -0.39 is 12.1 Å². The molecule has 5 aromatic rings. The van der Waals surface area contributed by atoms with Gasteiger partial charge in [0.15, 0.2) is 5.82 Å². The fourth-order valence-corrected chi connectivity index (χ4v) is 6.03. The Kier molecular flexibility index (Phi) is 11.8. The van der Waals surface area contributed by atoms with E-state index in [1.165, 1.54) is 22.1 Å². The first kappa shape index (κ1) is 35.3. The number of alkyl halides is 3. The number of amides is 1. The van der Waals surface area contributed by atoms with Crippen LogP contribution in [0.25, 0.3) is 10.9 Å². The molecular formula is C37H41F3N6O3. The highest BCUT2D eigenvalue weighted by molar-refractivity contribution is 5.83. The van der Waals surface area contributed by atoms with Gasteiger partial charge >= 0.3 is 12.1 Å². The lowest BCUT2D eigenvalue weighted by molar-refractivity contribution is -0.192. The molecule has 1 atom stereocenters. The van der Waals surface area contributed by atoms with Crippen LogP contribution in [-0.2, 0) is 41.8 Å². The molecule has 0 radical (unpaired) electrons.